The molecule has 2 aromatic rings. The van der Waals surface area contributed by atoms with Crippen molar-refractivity contribution in [2.24, 2.45) is 0 Å². The lowest BCUT2D eigenvalue weighted by Crippen LogP contribution is -2.17. The van der Waals surface area contributed by atoms with Crippen LogP contribution >= 0.6 is 11.3 Å². The molecule has 0 aliphatic rings. The first-order valence-corrected chi connectivity index (χ1v) is 6.05. The first-order chi connectivity index (χ1) is 7.49. The van der Waals surface area contributed by atoms with E-state index in [0.29, 0.717) is 0 Å². The molecule has 1 aromatic heterocycles. The molecule has 0 amide bonds. The third-order valence-corrected chi connectivity index (χ3v) is 3.56. The third kappa shape index (κ3) is 2.15. The van der Waals surface area contributed by atoms with Crippen molar-refractivity contribution in [3.05, 3.63) is 40.9 Å². The van der Waals surface area contributed by atoms with Gasteiger partial charge in [0.1, 0.15) is 10.6 Å². The van der Waals surface area contributed by atoms with E-state index >= 15 is 0 Å². The van der Waals surface area contributed by atoms with Gasteiger partial charge in [0.05, 0.1) is 10.2 Å². The summed E-state index contributed by atoms with van der Waals surface area (Å²) in [6.07, 6.45) is 1.84. The first kappa shape index (κ1) is 11.3. The van der Waals surface area contributed by atoms with Crippen molar-refractivity contribution in [3.8, 4) is 0 Å². The second kappa shape index (κ2) is 4.00. The Bertz CT molecular complexity index is 503. The Balaban J connectivity index is 2.51. The lowest BCUT2D eigenvalue weighted by atomic mass is 10.1. The van der Waals surface area contributed by atoms with Crippen LogP contribution in [0.25, 0.3) is 10.2 Å². The van der Waals surface area contributed by atoms with Crippen LogP contribution in [0, 0.1) is 0 Å². The summed E-state index contributed by atoms with van der Waals surface area (Å²) in [4.78, 5) is 4.46. The summed E-state index contributed by atoms with van der Waals surface area (Å²) in [6, 6.07) is 7.93. The highest BCUT2D eigenvalue weighted by Crippen LogP contribution is 2.31. The van der Waals surface area contributed by atoms with E-state index < -0.39 is 5.60 Å². The number of allylic oxidation sites excluding steroid dienone is 1. The molecule has 1 N–H and O–H groups in total. The Morgan fingerprint density at radius 3 is 2.69 bits per heavy atom. The lowest BCUT2D eigenvalue weighted by molar-refractivity contribution is 0.110. The van der Waals surface area contributed by atoms with Crippen LogP contribution in [0.2, 0.25) is 0 Å². The highest BCUT2D eigenvalue weighted by molar-refractivity contribution is 7.18. The number of aromatic nitrogens is 1. The van der Waals surface area contributed by atoms with Crippen molar-refractivity contribution < 1.29 is 5.11 Å². The van der Waals surface area contributed by atoms with Gasteiger partial charge in [0.15, 0.2) is 0 Å². The number of aliphatic hydroxyl groups is 1. The van der Waals surface area contributed by atoms with Crippen molar-refractivity contribution in [1.29, 1.82) is 0 Å². The Morgan fingerprint density at radius 1 is 1.38 bits per heavy atom. The number of fused-ring (bicyclic) bond motifs is 1. The van der Waals surface area contributed by atoms with Crippen LogP contribution in [0.1, 0.15) is 25.8 Å². The average Bonchev–Trinajstić information content (AvgIpc) is 2.59. The standard InChI is InChI=1S/C13H15NOS/c1-9(2)8-13(3,15)12-14-10-6-4-5-7-11(10)16-12/h4-8,15H,1-3H3. The minimum atomic E-state index is -0.970. The molecule has 84 valence electrons. The van der Waals surface area contributed by atoms with Crippen LogP contribution in [0.15, 0.2) is 35.9 Å². The average molecular weight is 233 g/mol. The van der Waals surface area contributed by atoms with E-state index in [1.807, 2.05) is 44.2 Å². The molecule has 0 spiro atoms. The van der Waals surface area contributed by atoms with Crippen LogP contribution in [0.5, 0.6) is 0 Å². The van der Waals surface area contributed by atoms with Gasteiger partial charge in [0, 0.05) is 0 Å². The molecule has 1 unspecified atom stereocenters. The fraction of sp³-hybridized carbons (Fsp3) is 0.308. The van der Waals surface area contributed by atoms with Gasteiger partial charge in [-0.15, -0.1) is 11.3 Å². The second-order valence-corrected chi connectivity index (χ2v) is 5.39. The van der Waals surface area contributed by atoms with E-state index in [2.05, 4.69) is 4.98 Å². The summed E-state index contributed by atoms with van der Waals surface area (Å²) >= 11 is 1.54. The van der Waals surface area contributed by atoms with Gasteiger partial charge >= 0.3 is 0 Å². The van der Waals surface area contributed by atoms with Crippen LogP contribution < -0.4 is 0 Å². The number of thiazole rings is 1. The van der Waals surface area contributed by atoms with Crippen LogP contribution in [-0.2, 0) is 5.60 Å². The van der Waals surface area contributed by atoms with Gasteiger partial charge in [-0.3, -0.25) is 0 Å². The van der Waals surface area contributed by atoms with Gasteiger partial charge in [-0.1, -0.05) is 17.7 Å². The molecule has 0 aliphatic heterocycles. The van der Waals surface area contributed by atoms with Gasteiger partial charge in [-0.25, -0.2) is 4.98 Å². The molecule has 16 heavy (non-hydrogen) atoms. The Kier molecular flexibility index (Phi) is 2.82. The minimum absolute atomic E-state index is 0.745. The number of rotatable bonds is 2. The van der Waals surface area contributed by atoms with Crippen molar-refractivity contribution in [2.45, 2.75) is 26.4 Å². The number of hydrogen-bond acceptors (Lipinski definition) is 3. The van der Waals surface area contributed by atoms with E-state index in [1.54, 1.807) is 18.3 Å². The third-order valence-electron chi connectivity index (χ3n) is 2.30. The molecule has 2 nitrogen and oxygen atoms in total. The van der Waals surface area contributed by atoms with Crippen molar-refractivity contribution in [2.75, 3.05) is 0 Å². The summed E-state index contributed by atoms with van der Waals surface area (Å²) in [5.74, 6) is 0. The first-order valence-electron chi connectivity index (χ1n) is 5.23. The highest BCUT2D eigenvalue weighted by atomic mass is 32.1. The number of nitrogens with zero attached hydrogens (tertiary/aromatic N) is 1. The van der Waals surface area contributed by atoms with Gasteiger partial charge in [-0.05, 0) is 39.0 Å². The maximum atomic E-state index is 10.3. The van der Waals surface area contributed by atoms with Crippen LogP contribution in [0.4, 0.5) is 0 Å². The summed E-state index contributed by atoms with van der Waals surface area (Å²) in [6.45, 7) is 5.72. The smallest absolute Gasteiger partial charge is 0.132 e. The maximum Gasteiger partial charge on any atom is 0.132 e. The summed E-state index contributed by atoms with van der Waals surface area (Å²) < 4.78 is 1.11. The van der Waals surface area contributed by atoms with Crippen molar-refractivity contribution in [3.63, 3.8) is 0 Å². The molecule has 0 saturated heterocycles. The van der Waals surface area contributed by atoms with Gasteiger partial charge in [-0.2, -0.15) is 0 Å². The Hall–Kier alpha value is -1.19. The van der Waals surface area contributed by atoms with E-state index in [4.69, 9.17) is 0 Å². The number of hydrogen-bond donors (Lipinski definition) is 1. The number of para-hydroxylation sites is 1. The van der Waals surface area contributed by atoms with Crippen LogP contribution in [-0.4, -0.2) is 10.1 Å². The van der Waals surface area contributed by atoms with E-state index in [0.717, 1.165) is 20.8 Å². The quantitative estimate of drug-likeness (QED) is 0.806. The molecule has 0 radical (unpaired) electrons. The maximum absolute atomic E-state index is 10.3. The monoisotopic (exact) mass is 233 g/mol. The van der Waals surface area contributed by atoms with Gasteiger partial charge < -0.3 is 5.11 Å². The van der Waals surface area contributed by atoms with E-state index in [1.165, 1.54) is 0 Å². The Labute approximate surface area is 99.3 Å². The largest absolute Gasteiger partial charge is 0.379 e. The molecule has 0 saturated carbocycles. The Morgan fingerprint density at radius 2 is 2.06 bits per heavy atom. The van der Waals surface area contributed by atoms with E-state index in [9.17, 15) is 5.11 Å². The normalized spacial score (nSPS) is 14.8. The zero-order chi connectivity index (χ0) is 11.8. The summed E-state index contributed by atoms with van der Waals surface area (Å²) in [5, 5.41) is 11.1. The fourth-order valence-electron chi connectivity index (χ4n) is 1.71. The molecule has 1 atom stereocenters. The topological polar surface area (TPSA) is 33.1 Å². The van der Waals surface area contributed by atoms with Crippen molar-refractivity contribution in [1.82, 2.24) is 4.98 Å². The number of benzene rings is 1. The molecule has 1 heterocycles. The molecular weight excluding hydrogens is 218 g/mol. The molecule has 1 aromatic carbocycles. The zero-order valence-electron chi connectivity index (χ0n) is 9.69. The predicted molar refractivity (Wildman–Crippen MR) is 68.6 cm³/mol. The van der Waals surface area contributed by atoms with Gasteiger partial charge in [0.2, 0.25) is 0 Å². The van der Waals surface area contributed by atoms with E-state index in [-0.39, 0.29) is 0 Å². The lowest BCUT2D eigenvalue weighted by Gasteiger charge is -2.16. The predicted octanol–water partition coefficient (Wildman–Crippen LogP) is 3.47. The summed E-state index contributed by atoms with van der Waals surface area (Å²) in [7, 11) is 0. The van der Waals surface area contributed by atoms with Crippen molar-refractivity contribution >= 4 is 21.6 Å². The zero-order valence-corrected chi connectivity index (χ0v) is 10.5. The fourth-order valence-corrected chi connectivity index (χ4v) is 2.70. The molecule has 3 heteroatoms. The summed E-state index contributed by atoms with van der Waals surface area (Å²) in [5.41, 5.74) is 1.07. The molecule has 0 fully saturated rings. The highest BCUT2D eigenvalue weighted by Gasteiger charge is 2.24. The molecule has 0 aliphatic carbocycles. The molecular formula is C13H15NOS. The van der Waals surface area contributed by atoms with Gasteiger partial charge in [0.25, 0.3) is 0 Å². The van der Waals surface area contributed by atoms with Crippen LogP contribution in [0.3, 0.4) is 0 Å². The SMILES string of the molecule is CC(C)=CC(C)(O)c1nc2ccccc2s1. The molecule has 0 bridgehead atoms. The molecule has 2 rings (SSSR count). The second-order valence-electron chi connectivity index (χ2n) is 4.36. The minimum Gasteiger partial charge on any atom is -0.379 e.